The quantitative estimate of drug-likeness (QED) is 0.807. The van der Waals surface area contributed by atoms with Gasteiger partial charge in [-0.3, -0.25) is 4.90 Å². The Kier molecular flexibility index (Phi) is 6.30. The summed E-state index contributed by atoms with van der Waals surface area (Å²) in [7, 11) is 0. The Labute approximate surface area is 109 Å². The van der Waals surface area contributed by atoms with Gasteiger partial charge in [0.1, 0.15) is 5.82 Å². The Bertz CT molecular complexity index is 337. The summed E-state index contributed by atoms with van der Waals surface area (Å²) in [5.41, 5.74) is 1.08. The van der Waals surface area contributed by atoms with Crippen LogP contribution in [0.5, 0.6) is 0 Å². The van der Waals surface area contributed by atoms with Crippen LogP contribution in [0.25, 0.3) is 0 Å². The van der Waals surface area contributed by atoms with Gasteiger partial charge in [-0.1, -0.05) is 32.9 Å². The average Bonchev–Trinajstić information content (AvgIpc) is 2.31. The third-order valence-electron chi connectivity index (χ3n) is 2.88. The van der Waals surface area contributed by atoms with E-state index in [1.807, 2.05) is 6.92 Å². The molecule has 1 N–H and O–H groups in total. The molecule has 1 atom stereocenters. The molecule has 0 bridgehead atoms. The minimum absolute atomic E-state index is 0.206. The molecule has 0 aliphatic heterocycles. The molecule has 2 nitrogen and oxygen atoms in total. The first-order valence-corrected chi connectivity index (χ1v) is 6.66. The largest absolute Gasteiger partial charge is 0.392 e. The standard InChI is InChI=1S/C15H24FNO/c1-4-15(18)11-17(9-12(2)3)10-13-5-7-14(16)8-6-13/h5-8,12,15,18H,4,9-11H2,1-3H3. The zero-order chi connectivity index (χ0) is 13.5. The van der Waals surface area contributed by atoms with Crippen molar-refractivity contribution in [2.75, 3.05) is 13.1 Å². The second-order valence-corrected chi connectivity index (χ2v) is 5.28. The molecule has 1 unspecified atom stereocenters. The fourth-order valence-corrected chi connectivity index (χ4v) is 2.00. The fourth-order valence-electron chi connectivity index (χ4n) is 2.00. The van der Waals surface area contributed by atoms with E-state index in [0.717, 1.165) is 25.1 Å². The highest BCUT2D eigenvalue weighted by molar-refractivity contribution is 5.15. The van der Waals surface area contributed by atoms with Gasteiger partial charge in [-0.05, 0) is 30.0 Å². The molecule has 0 aromatic heterocycles. The smallest absolute Gasteiger partial charge is 0.123 e. The summed E-state index contributed by atoms with van der Waals surface area (Å²) in [5, 5.41) is 9.76. The zero-order valence-electron chi connectivity index (χ0n) is 11.6. The molecule has 0 radical (unpaired) electrons. The van der Waals surface area contributed by atoms with Gasteiger partial charge in [0, 0.05) is 19.6 Å². The highest BCUT2D eigenvalue weighted by atomic mass is 19.1. The summed E-state index contributed by atoms with van der Waals surface area (Å²) < 4.78 is 12.8. The topological polar surface area (TPSA) is 23.5 Å². The normalized spacial score (nSPS) is 13.3. The summed E-state index contributed by atoms with van der Waals surface area (Å²) >= 11 is 0. The number of hydrogen-bond acceptors (Lipinski definition) is 2. The van der Waals surface area contributed by atoms with Crippen molar-refractivity contribution >= 4 is 0 Å². The first kappa shape index (κ1) is 15.1. The Morgan fingerprint density at radius 3 is 2.28 bits per heavy atom. The number of aliphatic hydroxyl groups is 1. The van der Waals surface area contributed by atoms with Crippen LogP contribution in [0.1, 0.15) is 32.8 Å². The number of nitrogens with zero attached hydrogens (tertiary/aromatic N) is 1. The molecule has 102 valence electrons. The molecule has 1 rings (SSSR count). The Morgan fingerprint density at radius 2 is 1.78 bits per heavy atom. The number of benzene rings is 1. The van der Waals surface area contributed by atoms with E-state index in [-0.39, 0.29) is 11.9 Å². The van der Waals surface area contributed by atoms with Gasteiger partial charge in [0.05, 0.1) is 6.10 Å². The molecule has 18 heavy (non-hydrogen) atoms. The van der Waals surface area contributed by atoms with Crippen LogP contribution in [0.3, 0.4) is 0 Å². The van der Waals surface area contributed by atoms with E-state index in [0.29, 0.717) is 12.5 Å². The number of aliphatic hydroxyl groups excluding tert-OH is 1. The third kappa shape index (κ3) is 5.61. The number of rotatable bonds is 7. The SMILES string of the molecule is CCC(O)CN(Cc1ccc(F)cc1)CC(C)C. The summed E-state index contributed by atoms with van der Waals surface area (Å²) in [6.07, 6.45) is 0.474. The lowest BCUT2D eigenvalue weighted by Crippen LogP contribution is -2.34. The number of hydrogen-bond donors (Lipinski definition) is 1. The van der Waals surface area contributed by atoms with Crippen LogP contribution in [0.2, 0.25) is 0 Å². The summed E-state index contributed by atoms with van der Waals surface area (Å²) in [6.45, 7) is 8.68. The van der Waals surface area contributed by atoms with Crippen molar-refractivity contribution in [3.8, 4) is 0 Å². The van der Waals surface area contributed by atoms with Crippen LogP contribution in [-0.4, -0.2) is 29.2 Å². The highest BCUT2D eigenvalue weighted by Gasteiger charge is 2.12. The van der Waals surface area contributed by atoms with E-state index in [1.54, 1.807) is 12.1 Å². The van der Waals surface area contributed by atoms with Crippen LogP contribution in [0.4, 0.5) is 4.39 Å². The summed E-state index contributed by atoms with van der Waals surface area (Å²) in [4.78, 5) is 2.23. The minimum atomic E-state index is -0.288. The predicted molar refractivity (Wildman–Crippen MR) is 72.8 cm³/mol. The lowest BCUT2D eigenvalue weighted by atomic mass is 10.1. The monoisotopic (exact) mass is 253 g/mol. The molecule has 0 aliphatic carbocycles. The molecule has 3 heteroatoms. The molecule has 0 saturated carbocycles. The minimum Gasteiger partial charge on any atom is -0.392 e. The zero-order valence-corrected chi connectivity index (χ0v) is 11.6. The van der Waals surface area contributed by atoms with Crippen molar-refractivity contribution in [2.24, 2.45) is 5.92 Å². The maximum atomic E-state index is 12.8. The van der Waals surface area contributed by atoms with E-state index >= 15 is 0 Å². The lowest BCUT2D eigenvalue weighted by molar-refractivity contribution is 0.0986. The van der Waals surface area contributed by atoms with Crippen molar-refractivity contribution < 1.29 is 9.50 Å². The van der Waals surface area contributed by atoms with Gasteiger partial charge >= 0.3 is 0 Å². The predicted octanol–water partition coefficient (Wildman–Crippen LogP) is 3.05. The molecule has 0 amide bonds. The van der Waals surface area contributed by atoms with Gasteiger partial charge < -0.3 is 5.11 Å². The van der Waals surface area contributed by atoms with Crippen molar-refractivity contribution in [1.29, 1.82) is 0 Å². The first-order chi connectivity index (χ1) is 8.51. The highest BCUT2D eigenvalue weighted by Crippen LogP contribution is 2.10. The second kappa shape index (κ2) is 7.49. The summed E-state index contributed by atoms with van der Waals surface area (Å²) in [6, 6.07) is 6.58. The molecule has 0 fully saturated rings. The van der Waals surface area contributed by atoms with E-state index < -0.39 is 0 Å². The van der Waals surface area contributed by atoms with Crippen molar-refractivity contribution in [2.45, 2.75) is 39.8 Å². The molecule has 0 heterocycles. The van der Waals surface area contributed by atoms with Gasteiger partial charge in [-0.25, -0.2) is 4.39 Å². The van der Waals surface area contributed by atoms with Gasteiger partial charge in [0.2, 0.25) is 0 Å². The molecule has 1 aromatic carbocycles. The maximum absolute atomic E-state index is 12.8. The average molecular weight is 253 g/mol. The second-order valence-electron chi connectivity index (χ2n) is 5.28. The summed E-state index contributed by atoms with van der Waals surface area (Å²) in [5.74, 6) is 0.345. The first-order valence-electron chi connectivity index (χ1n) is 6.66. The van der Waals surface area contributed by atoms with Gasteiger partial charge in [0.15, 0.2) is 0 Å². The van der Waals surface area contributed by atoms with E-state index in [4.69, 9.17) is 0 Å². The Morgan fingerprint density at radius 1 is 1.17 bits per heavy atom. The van der Waals surface area contributed by atoms with Crippen LogP contribution in [-0.2, 0) is 6.54 Å². The van der Waals surface area contributed by atoms with Crippen LogP contribution >= 0.6 is 0 Å². The molecule has 0 aliphatic rings. The van der Waals surface area contributed by atoms with E-state index in [1.165, 1.54) is 12.1 Å². The van der Waals surface area contributed by atoms with Crippen molar-refractivity contribution in [3.63, 3.8) is 0 Å². The molecule has 0 saturated heterocycles. The van der Waals surface area contributed by atoms with Crippen LogP contribution in [0, 0.1) is 11.7 Å². The van der Waals surface area contributed by atoms with Gasteiger partial charge in [-0.15, -0.1) is 0 Å². The van der Waals surface area contributed by atoms with Gasteiger partial charge in [0.25, 0.3) is 0 Å². The lowest BCUT2D eigenvalue weighted by Gasteiger charge is -2.26. The fraction of sp³-hybridized carbons (Fsp3) is 0.600. The molecule has 0 spiro atoms. The van der Waals surface area contributed by atoms with E-state index in [9.17, 15) is 9.50 Å². The van der Waals surface area contributed by atoms with Crippen molar-refractivity contribution in [3.05, 3.63) is 35.6 Å². The molecular weight excluding hydrogens is 229 g/mol. The van der Waals surface area contributed by atoms with E-state index in [2.05, 4.69) is 18.7 Å². The maximum Gasteiger partial charge on any atom is 0.123 e. The van der Waals surface area contributed by atoms with Crippen molar-refractivity contribution in [1.82, 2.24) is 4.90 Å². The van der Waals surface area contributed by atoms with Gasteiger partial charge in [-0.2, -0.15) is 0 Å². The molecule has 1 aromatic rings. The van der Waals surface area contributed by atoms with Crippen LogP contribution < -0.4 is 0 Å². The Balaban J connectivity index is 2.62. The molecular formula is C15H24FNO. The third-order valence-corrected chi connectivity index (χ3v) is 2.88. The van der Waals surface area contributed by atoms with Crippen LogP contribution in [0.15, 0.2) is 24.3 Å². The Hall–Kier alpha value is -0.930. The number of halogens is 1.